The second kappa shape index (κ2) is 14.5. The number of ether oxygens (including phenoxy) is 1. The molecule has 1 atom stereocenters. The lowest BCUT2D eigenvalue weighted by atomic mass is 9.78. The van der Waals surface area contributed by atoms with Gasteiger partial charge in [-0.1, -0.05) is 24.3 Å². The summed E-state index contributed by atoms with van der Waals surface area (Å²) in [6, 6.07) is 15.1. The van der Waals surface area contributed by atoms with Crippen LogP contribution in [0.3, 0.4) is 0 Å². The van der Waals surface area contributed by atoms with E-state index in [4.69, 9.17) is 4.74 Å². The summed E-state index contributed by atoms with van der Waals surface area (Å²) in [6.45, 7) is 6.60. The van der Waals surface area contributed by atoms with E-state index >= 15 is 0 Å². The molecule has 0 N–H and O–H groups in total. The van der Waals surface area contributed by atoms with E-state index in [2.05, 4.69) is 17.0 Å². The van der Waals surface area contributed by atoms with Crippen molar-refractivity contribution < 1.29 is 26.4 Å². The lowest BCUT2D eigenvalue weighted by molar-refractivity contribution is -0.133. The largest absolute Gasteiger partial charge is 0.497 e. The third kappa shape index (κ3) is 9.03. The number of carbonyl (C=O) groups excluding carboxylic acids is 1. The number of benzene rings is 2. The van der Waals surface area contributed by atoms with E-state index in [1.165, 1.54) is 18.1 Å². The molecular weight excluding hydrogens is 587 g/mol. The molecule has 1 amide bonds. The van der Waals surface area contributed by atoms with Crippen molar-refractivity contribution in [3.8, 4) is 5.75 Å². The zero-order valence-electron chi connectivity index (χ0n) is 25.9. The van der Waals surface area contributed by atoms with Crippen molar-refractivity contribution in [3.05, 3.63) is 59.7 Å². The first-order valence-corrected chi connectivity index (χ1v) is 19.0. The number of likely N-dealkylation sites (N-methyl/N-ethyl adjacent to an activating group) is 1. The van der Waals surface area contributed by atoms with E-state index in [1.54, 1.807) is 35.7 Å². The highest BCUT2D eigenvalue weighted by molar-refractivity contribution is 7.90. The SMILES string of the molecule is CCN(C(=O)Cc1ccc(S(C)(=O)=O)cc1)C1CCN(CC[C@@H](c2cccc(OC)c2)C2CCN(S(C)(=O)=O)CC2)CC1. The molecule has 2 aromatic carbocycles. The average molecular weight is 634 g/mol. The van der Waals surface area contributed by atoms with Crippen molar-refractivity contribution in [1.29, 1.82) is 0 Å². The highest BCUT2D eigenvalue weighted by Crippen LogP contribution is 2.37. The Morgan fingerprint density at radius 3 is 2.16 bits per heavy atom. The molecule has 0 radical (unpaired) electrons. The fourth-order valence-electron chi connectivity index (χ4n) is 6.70. The number of carbonyl (C=O) groups is 1. The molecule has 9 nitrogen and oxygen atoms in total. The van der Waals surface area contributed by atoms with Gasteiger partial charge in [-0.25, -0.2) is 21.1 Å². The maximum Gasteiger partial charge on any atom is 0.227 e. The minimum absolute atomic E-state index is 0.0755. The predicted octanol–water partition coefficient (Wildman–Crippen LogP) is 3.80. The molecule has 2 aliphatic rings. The van der Waals surface area contributed by atoms with Gasteiger partial charge >= 0.3 is 0 Å². The molecule has 4 rings (SSSR count). The lowest BCUT2D eigenvalue weighted by Crippen LogP contribution is -2.48. The quantitative estimate of drug-likeness (QED) is 0.350. The molecule has 0 bridgehead atoms. The summed E-state index contributed by atoms with van der Waals surface area (Å²) >= 11 is 0. The maximum atomic E-state index is 13.2. The van der Waals surface area contributed by atoms with E-state index < -0.39 is 19.9 Å². The van der Waals surface area contributed by atoms with Crippen molar-refractivity contribution in [1.82, 2.24) is 14.1 Å². The van der Waals surface area contributed by atoms with Gasteiger partial charge in [0.1, 0.15) is 5.75 Å². The minimum Gasteiger partial charge on any atom is -0.497 e. The van der Waals surface area contributed by atoms with Gasteiger partial charge < -0.3 is 14.5 Å². The molecule has 238 valence electrons. The number of sulfone groups is 1. The molecule has 2 aromatic rings. The van der Waals surface area contributed by atoms with Gasteiger partial charge in [-0.3, -0.25) is 4.79 Å². The van der Waals surface area contributed by atoms with Crippen LogP contribution in [0.4, 0.5) is 0 Å². The Morgan fingerprint density at radius 2 is 1.60 bits per heavy atom. The molecule has 2 fully saturated rings. The number of rotatable bonds is 12. The molecular formula is C32H47N3O6S2. The van der Waals surface area contributed by atoms with Crippen LogP contribution in [0.25, 0.3) is 0 Å². The number of hydrogen-bond acceptors (Lipinski definition) is 7. The van der Waals surface area contributed by atoms with E-state index in [0.29, 0.717) is 31.5 Å². The number of piperidine rings is 2. The van der Waals surface area contributed by atoms with Gasteiger partial charge in [0, 0.05) is 45.0 Å². The number of amides is 1. The van der Waals surface area contributed by atoms with Gasteiger partial charge in [0.25, 0.3) is 0 Å². The number of hydrogen-bond donors (Lipinski definition) is 0. The second-order valence-electron chi connectivity index (χ2n) is 12.0. The van der Waals surface area contributed by atoms with Crippen LogP contribution in [0.15, 0.2) is 53.4 Å². The van der Waals surface area contributed by atoms with Gasteiger partial charge in [-0.2, -0.15) is 0 Å². The first-order valence-electron chi connectivity index (χ1n) is 15.3. The van der Waals surface area contributed by atoms with Crippen molar-refractivity contribution in [2.75, 3.05) is 58.9 Å². The predicted molar refractivity (Wildman–Crippen MR) is 170 cm³/mol. The summed E-state index contributed by atoms with van der Waals surface area (Å²) < 4.78 is 54.8. The van der Waals surface area contributed by atoms with E-state index in [-0.39, 0.29) is 23.3 Å². The molecule has 0 unspecified atom stereocenters. The zero-order chi connectivity index (χ0) is 31.2. The van der Waals surface area contributed by atoms with Crippen LogP contribution in [-0.4, -0.2) is 102 Å². The second-order valence-corrected chi connectivity index (χ2v) is 16.0. The molecule has 0 aliphatic carbocycles. The summed E-state index contributed by atoms with van der Waals surface area (Å²) in [5.74, 6) is 1.64. The third-order valence-corrected chi connectivity index (χ3v) is 11.6. The topological polar surface area (TPSA) is 104 Å². The number of nitrogens with zero attached hydrogens (tertiary/aromatic N) is 3. The van der Waals surface area contributed by atoms with Crippen LogP contribution >= 0.6 is 0 Å². The Balaban J connectivity index is 1.34. The molecule has 2 saturated heterocycles. The minimum atomic E-state index is -3.26. The Morgan fingerprint density at radius 1 is 0.953 bits per heavy atom. The number of sulfonamides is 1. The van der Waals surface area contributed by atoms with Crippen LogP contribution in [0.1, 0.15) is 56.1 Å². The molecule has 0 saturated carbocycles. The van der Waals surface area contributed by atoms with Crippen molar-refractivity contribution in [3.63, 3.8) is 0 Å². The molecule has 2 aliphatic heterocycles. The normalized spacial score (nSPS) is 18.8. The molecule has 2 heterocycles. The van der Waals surface area contributed by atoms with E-state index in [1.807, 2.05) is 24.0 Å². The Hall–Kier alpha value is -2.47. The summed E-state index contributed by atoms with van der Waals surface area (Å²) in [5.41, 5.74) is 2.07. The number of methoxy groups -OCH3 is 1. The molecule has 0 spiro atoms. The Kier molecular flexibility index (Phi) is 11.3. The first-order chi connectivity index (χ1) is 20.4. The van der Waals surface area contributed by atoms with Crippen LogP contribution in [0.2, 0.25) is 0 Å². The van der Waals surface area contributed by atoms with Crippen molar-refractivity contribution in [2.24, 2.45) is 5.92 Å². The smallest absolute Gasteiger partial charge is 0.227 e. The van der Waals surface area contributed by atoms with E-state index in [9.17, 15) is 21.6 Å². The summed E-state index contributed by atoms with van der Waals surface area (Å²) in [7, 11) is -4.75. The maximum absolute atomic E-state index is 13.2. The molecule has 43 heavy (non-hydrogen) atoms. The summed E-state index contributed by atoms with van der Waals surface area (Å²) in [4.78, 5) is 18.0. The fraction of sp³-hybridized carbons (Fsp3) is 0.594. The van der Waals surface area contributed by atoms with Crippen LogP contribution in [0, 0.1) is 5.92 Å². The summed E-state index contributed by atoms with van der Waals surface area (Å²) in [6.07, 6.45) is 7.26. The van der Waals surface area contributed by atoms with Gasteiger partial charge in [0.05, 0.1) is 24.7 Å². The molecule has 11 heteroatoms. The summed E-state index contributed by atoms with van der Waals surface area (Å²) in [5, 5.41) is 0. The van der Waals surface area contributed by atoms with E-state index in [0.717, 1.165) is 63.1 Å². The van der Waals surface area contributed by atoms with Crippen molar-refractivity contribution >= 4 is 25.8 Å². The van der Waals surface area contributed by atoms with Gasteiger partial charge in [-0.05, 0) is 92.8 Å². The highest BCUT2D eigenvalue weighted by atomic mass is 32.2. The van der Waals surface area contributed by atoms with Crippen LogP contribution < -0.4 is 4.74 Å². The Labute approximate surface area is 258 Å². The van der Waals surface area contributed by atoms with Crippen LogP contribution in [0.5, 0.6) is 5.75 Å². The number of likely N-dealkylation sites (tertiary alicyclic amines) is 1. The third-order valence-electron chi connectivity index (χ3n) is 9.18. The monoisotopic (exact) mass is 633 g/mol. The average Bonchev–Trinajstić information content (AvgIpc) is 2.98. The standard InChI is InChI=1S/C32H47N3O6S2/c1-5-35(32(36)23-25-9-11-30(12-10-25)42(3,37)38)28-15-18-33(19-16-28)20-17-31(27-7-6-8-29(24-27)41-2)26-13-21-34(22-14-26)43(4,39)40/h6-12,24,26,28,31H,5,13-23H2,1-4H3/t31-/m1/s1. The highest BCUT2D eigenvalue weighted by Gasteiger charge is 2.32. The van der Waals surface area contributed by atoms with Crippen LogP contribution in [-0.2, 0) is 31.1 Å². The van der Waals surface area contributed by atoms with Crippen molar-refractivity contribution in [2.45, 2.75) is 62.3 Å². The van der Waals surface area contributed by atoms with Gasteiger partial charge in [-0.15, -0.1) is 0 Å². The fourth-order valence-corrected chi connectivity index (χ4v) is 8.21. The molecule has 0 aromatic heterocycles. The lowest BCUT2D eigenvalue weighted by Gasteiger charge is -2.40. The zero-order valence-corrected chi connectivity index (χ0v) is 27.6. The first kappa shape index (κ1) is 33.4. The van der Waals surface area contributed by atoms with Gasteiger partial charge in [0.2, 0.25) is 15.9 Å². The Bertz CT molecular complexity index is 1430. The van der Waals surface area contributed by atoms with Gasteiger partial charge in [0.15, 0.2) is 9.84 Å².